The molecule has 0 N–H and O–H groups in total. The lowest BCUT2D eigenvalue weighted by atomic mass is 10.1. The van der Waals surface area contributed by atoms with Crippen molar-refractivity contribution in [3.8, 4) is 0 Å². The van der Waals surface area contributed by atoms with E-state index < -0.39 is 0 Å². The van der Waals surface area contributed by atoms with Gasteiger partial charge < -0.3 is 4.90 Å². The number of hydrogen-bond acceptors (Lipinski definition) is 4. The van der Waals surface area contributed by atoms with Crippen LogP contribution in [0.25, 0.3) is 6.08 Å². The third kappa shape index (κ3) is 3.78. The summed E-state index contributed by atoms with van der Waals surface area (Å²) in [6.45, 7) is 4.42. The number of thioether (sulfide) groups is 1. The van der Waals surface area contributed by atoms with E-state index >= 15 is 0 Å². The largest absolute Gasteiger partial charge is 0.371 e. The van der Waals surface area contributed by atoms with E-state index in [1.165, 1.54) is 35.9 Å². The highest BCUT2D eigenvalue weighted by Crippen LogP contribution is 2.34. The van der Waals surface area contributed by atoms with Gasteiger partial charge in [0.2, 0.25) is 0 Å². The van der Waals surface area contributed by atoms with E-state index in [9.17, 15) is 4.79 Å². The van der Waals surface area contributed by atoms with Crippen molar-refractivity contribution < 1.29 is 4.79 Å². The lowest BCUT2D eigenvalue weighted by molar-refractivity contribution is -0.121. The fourth-order valence-electron chi connectivity index (χ4n) is 3.50. The van der Waals surface area contributed by atoms with Crippen LogP contribution in [0, 0.1) is 6.92 Å². The average Bonchev–Trinajstić information content (AvgIpc) is 3.28. The number of amides is 1. The molecule has 0 atom stereocenters. The number of likely N-dealkylation sites (N-methyl/N-ethyl adjacent to an activating group) is 1. The van der Waals surface area contributed by atoms with Crippen molar-refractivity contribution in [3.63, 3.8) is 0 Å². The molecule has 0 spiro atoms. The second kappa shape index (κ2) is 7.61. The van der Waals surface area contributed by atoms with Gasteiger partial charge in [-0.05, 0) is 73.0 Å². The van der Waals surface area contributed by atoms with Crippen LogP contribution in [0.4, 0.5) is 11.4 Å². The zero-order chi connectivity index (χ0) is 18.8. The number of carbonyl (C=O) groups is 1. The monoisotopic (exact) mass is 377 g/mol. The van der Waals surface area contributed by atoms with E-state index in [0.29, 0.717) is 10.1 Å². The Kier molecular flexibility index (Phi) is 5.03. The molecule has 0 aromatic heterocycles. The van der Waals surface area contributed by atoms with Gasteiger partial charge in [-0.25, -0.2) is 4.99 Å². The van der Waals surface area contributed by atoms with Gasteiger partial charge in [0.05, 0.1) is 10.6 Å². The Morgan fingerprint density at radius 3 is 2.52 bits per heavy atom. The molecule has 4 nitrogen and oxygen atoms in total. The molecule has 0 aliphatic carbocycles. The maximum atomic E-state index is 12.6. The summed E-state index contributed by atoms with van der Waals surface area (Å²) in [5, 5.41) is 0.711. The van der Waals surface area contributed by atoms with Gasteiger partial charge in [0.1, 0.15) is 0 Å². The summed E-state index contributed by atoms with van der Waals surface area (Å²) in [4.78, 5) is 22.0. The van der Waals surface area contributed by atoms with Gasteiger partial charge in [0.25, 0.3) is 5.91 Å². The van der Waals surface area contributed by atoms with Crippen LogP contribution in [0.5, 0.6) is 0 Å². The first kappa shape index (κ1) is 17.9. The van der Waals surface area contributed by atoms with Crippen LogP contribution < -0.4 is 4.90 Å². The number of nitrogens with zero attached hydrogens (tertiary/aromatic N) is 3. The van der Waals surface area contributed by atoms with Crippen LogP contribution >= 0.6 is 11.8 Å². The normalized spacial score (nSPS) is 20.3. The summed E-state index contributed by atoms with van der Waals surface area (Å²) in [6.07, 6.45) is 4.51. The Hall–Kier alpha value is -2.53. The molecule has 2 aliphatic rings. The average molecular weight is 378 g/mol. The molecular formula is C22H23N3OS. The van der Waals surface area contributed by atoms with Crippen molar-refractivity contribution in [2.75, 3.05) is 25.0 Å². The van der Waals surface area contributed by atoms with Crippen LogP contribution in [-0.4, -0.2) is 36.1 Å². The molecule has 27 heavy (non-hydrogen) atoms. The number of benzene rings is 2. The maximum Gasteiger partial charge on any atom is 0.266 e. The molecule has 1 amide bonds. The Bertz CT molecular complexity index is 914. The number of anilines is 1. The SMILES string of the molecule is Cc1cc(/C=C2/SC(=Nc3ccccc3)N(C)C2=O)ccc1N1CCCC1. The lowest BCUT2D eigenvalue weighted by Crippen LogP contribution is -2.23. The molecule has 0 radical (unpaired) electrons. The van der Waals surface area contributed by atoms with Gasteiger partial charge in [0, 0.05) is 25.8 Å². The Morgan fingerprint density at radius 1 is 1.07 bits per heavy atom. The number of carbonyl (C=O) groups excluding carboxylic acids is 1. The summed E-state index contributed by atoms with van der Waals surface area (Å²) in [6, 6.07) is 16.2. The number of hydrogen-bond donors (Lipinski definition) is 0. The highest BCUT2D eigenvalue weighted by atomic mass is 32.2. The smallest absolute Gasteiger partial charge is 0.266 e. The van der Waals surface area contributed by atoms with Crippen molar-refractivity contribution in [2.45, 2.75) is 19.8 Å². The first-order chi connectivity index (χ1) is 13.1. The molecule has 138 valence electrons. The second-order valence-corrected chi connectivity index (χ2v) is 7.95. The fraction of sp³-hybridized carbons (Fsp3) is 0.273. The van der Waals surface area contributed by atoms with Crippen molar-refractivity contribution in [2.24, 2.45) is 4.99 Å². The van der Waals surface area contributed by atoms with E-state index in [2.05, 4.69) is 35.0 Å². The van der Waals surface area contributed by atoms with Gasteiger partial charge in [-0.3, -0.25) is 9.69 Å². The van der Waals surface area contributed by atoms with Gasteiger partial charge in [-0.1, -0.05) is 24.3 Å². The van der Waals surface area contributed by atoms with Gasteiger partial charge in [-0.15, -0.1) is 0 Å². The predicted octanol–water partition coefficient (Wildman–Crippen LogP) is 4.83. The number of para-hydroxylation sites is 1. The zero-order valence-corrected chi connectivity index (χ0v) is 16.5. The van der Waals surface area contributed by atoms with Crippen molar-refractivity contribution >= 4 is 40.3 Å². The quantitative estimate of drug-likeness (QED) is 0.719. The maximum absolute atomic E-state index is 12.6. The standard InChI is InChI=1S/C22H23N3OS/c1-16-14-17(10-11-19(16)25-12-6-7-13-25)15-20-21(26)24(2)22(27-20)23-18-8-4-3-5-9-18/h3-5,8-11,14-15H,6-7,12-13H2,1-2H3/b20-15+,23-22?. The van der Waals surface area contributed by atoms with Crippen LogP contribution in [0.1, 0.15) is 24.0 Å². The molecule has 0 unspecified atom stereocenters. The molecule has 2 heterocycles. The molecule has 2 aromatic carbocycles. The first-order valence-electron chi connectivity index (χ1n) is 9.29. The fourth-order valence-corrected chi connectivity index (χ4v) is 4.48. The Labute approximate surface area is 164 Å². The van der Waals surface area contributed by atoms with Crippen LogP contribution in [-0.2, 0) is 4.79 Å². The van der Waals surface area contributed by atoms with E-state index in [4.69, 9.17) is 0 Å². The number of aryl methyl sites for hydroxylation is 1. The highest BCUT2D eigenvalue weighted by Gasteiger charge is 2.30. The van der Waals surface area contributed by atoms with E-state index in [1.54, 1.807) is 11.9 Å². The van der Waals surface area contributed by atoms with Crippen molar-refractivity contribution in [3.05, 3.63) is 64.6 Å². The molecule has 2 saturated heterocycles. The van der Waals surface area contributed by atoms with E-state index in [1.807, 2.05) is 36.4 Å². The highest BCUT2D eigenvalue weighted by molar-refractivity contribution is 8.18. The Morgan fingerprint density at radius 2 is 1.81 bits per heavy atom. The summed E-state index contributed by atoms with van der Waals surface area (Å²) in [5.41, 5.74) is 4.48. The zero-order valence-electron chi connectivity index (χ0n) is 15.7. The summed E-state index contributed by atoms with van der Waals surface area (Å²) in [7, 11) is 1.78. The van der Waals surface area contributed by atoms with Gasteiger partial charge >= 0.3 is 0 Å². The number of amidine groups is 1. The molecular weight excluding hydrogens is 354 g/mol. The van der Waals surface area contributed by atoms with Gasteiger partial charge in [-0.2, -0.15) is 0 Å². The minimum Gasteiger partial charge on any atom is -0.371 e. The predicted molar refractivity (Wildman–Crippen MR) is 115 cm³/mol. The van der Waals surface area contributed by atoms with Crippen molar-refractivity contribution in [1.29, 1.82) is 0 Å². The number of aliphatic imine (C=N–C) groups is 1. The molecule has 0 saturated carbocycles. The van der Waals surface area contributed by atoms with E-state index in [-0.39, 0.29) is 5.91 Å². The summed E-state index contributed by atoms with van der Waals surface area (Å²) >= 11 is 1.43. The minimum absolute atomic E-state index is 0.00375. The third-order valence-electron chi connectivity index (χ3n) is 4.95. The van der Waals surface area contributed by atoms with Crippen LogP contribution in [0.2, 0.25) is 0 Å². The van der Waals surface area contributed by atoms with E-state index in [0.717, 1.165) is 24.3 Å². The van der Waals surface area contributed by atoms with Crippen LogP contribution in [0.3, 0.4) is 0 Å². The summed E-state index contributed by atoms with van der Waals surface area (Å²) in [5.74, 6) is -0.00375. The van der Waals surface area contributed by atoms with Crippen molar-refractivity contribution in [1.82, 2.24) is 4.90 Å². The molecule has 2 aliphatic heterocycles. The molecule has 4 rings (SSSR count). The molecule has 2 fully saturated rings. The first-order valence-corrected chi connectivity index (χ1v) is 10.1. The topological polar surface area (TPSA) is 35.9 Å². The third-order valence-corrected chi connectivity index (χ3v) is 6.01. The lowest BCUT2D eigenvalue weighted by Gasteiger charge is -2.20. The molecule has 5 heteroatoms. The Balaban J connectivity index is 1.58. The molecule has 0 bridgehead atoms. The molecule has 2 aromatic rings. The second-order valence-electron chi connectivity index (χ2n) is 6.94. The number of rotatable bonds is 3. The summed E-state index contributed by atoms with van der Waals surface area (Å²) < 4.78 is 0. The minimum atomic E-state index is -0.00375. The van der Waals surface area contributed by atoms with Crippen LogP contribution in [0.15, 0.2) is 58.4 Å². The van der Waals surface area contributed by atoms with Gasteiger partial charge in [0.15, 0.2) is 5.17 Å².